The quantitative estimate of drug-likeness (QED) is 0.542. The van der Waals surface area contributed by atoms with Gasteiger partial charge in [-0.25, -0.2) is 4.39 Å². The van der Waals surface area contributed by atoms with E-state index in [4.69, 9.17) is 4.74 Å². The van der Waals surface area contributed by atoms with E-state index in [-0.39, 0.29) is 17.4 Å². The molecular formula is C25H26FN5O4. The molecule has 1 unspecified atom stereocenters. The van der Waals surface area contributed by atoms with Crippen LogP contribution in [0.25, 0.3) is 0 Å². The molecule has 0 spiro atoms. The second kappa shape index (κ2) is 10.4. The van der Waals surface area contributed by atoms with E-state index in [1.54, 1.807) is 55.3 Å². The lowest BCUT2D eigenvalue weighted by atomic mass is 10.2. The Kier molecular flexibility index (Phi) is 7.09. The lowest BCUT2D eigenvalue weighted by Crippen LogP contribution is -2.41. The molecule has 4 rings (SSSR count). The van der Waals surface area contributed by atoms with Gasteiger partial charge in [-0.15, -0.1) is 0 Å². The Morgan fingerprint density at radius 3 is 2.51 bits per heavy atom. The fourth-order valence-corrected chi connectivity index (χ4v) is 3.77. The number of halogens is 1. The molecule has 1 aromatic heterocycles. The van der Waals surface area contributed by atoms with Crippen LogP contribution in [0.3, 0.4) is 0 Å². The summed E-state index contributed by atoms with van der Waals surface area (Å²) >= 11 is 0. The molecule has 1 atom stereocenters. The van der Waals surface area contributed by atoms with Gasteiger partial charge in [0.15, 0.2) is 5.69 Å². The van der Waals surface area contributed by atoms with Crippen LogP contribution in [-0.2, 0) is 17.9 Å². The lowest BCUT2D eigenvalue weighted by molar-refractivity contribution is -0.117. The third-order valence-electron chi connectivity index (χ3n) is 5.70. The van der Waals surface area contributed by atoms with Gasteiger partial charge in [0.2, 0.25) is 5.91 Å². The van der Waals surface area contributed by atoms with Crippen LogP contribution in [0.1, 0.15) is 39.9 Å². The Bertz CT molecular complexity index is 1220. The number of carbonyl (C=O) groups is 3. The molecule has 2 N–H and O–H groups in total. The zero-order valence-corrected chi connectivity index (χ0v) is 19.5. The van der Waals surface area contributed by atoms with E-state index in [1.165, 1.54) is 22.9 Å². The maximum atomic E-state index is 13.2. The minimum absolute atomic E-state index is 0.0566. The number of nitrogens with one attached hydrogen (secondary N) is 2. The molecule has 0 bridgehead atoms. The van der Waals surface area contributed by atoms with Crippen molar-refractivity contribution >= 4 is 23.4 Å². The van der Waals surface area contributed by atoms with Crippen molar-refractivity contribution < 1.29 is 23.5 Å². The number of methoxy groups -OCH3 is 1. The van der Waals surface area contributed by atoms with Crippen LogP contribution in [0, 0.1) is 5.82 Å². The number of carbonyl (C=O) groups excluding carboxylic acids is 3. The van der Waals surface area contributed by atoms with Gasteiger partial charge in [0, 0.05) is 31.4 Å². The number of hydrogen-bond acceptors (Lipinski definition) is 5. The number of rotatable bonds is 7. The minimum atomic E-state index is -0.836. The third kappa shape index (κ3) is 5.65. The second-order valence-corrected chi connectivity index (χ2v) is 8.26. The topological polar surface area (TPSA) is 106 Å². The summed E-state index contributed by atoms with van der Waals surface area (Å²) in [6.07, 6.45) is 0.656. The number of amides is 3. The van der Waals surface area contributed by atoms with Gasteiger partial charge in [-0.3, -0.25) is 19.1 Å². The molecule has 2 aromatic carbocycles. The van der Waals surface area contributed by atoms with Gasteiger partial charge >= 0.3 is 0 Å². The van der Waals surface area contributed by atoms with Crippen LogP contribution in [0.5, 0.6) is 5.75 Å². The van der Waals surface area contributed by atoms with Crippen molar-refractivity contribution in [1.29, 1.82) is 0 Å². The first-order chi connectivity index (χ1) is 16.8. The molecule has 1 aliphatic rings. The Balaban J connectivity index is 1.40. The SMILES string of the molecule is COc1ccc(NC(=O)C(C)NC(=O)c2cc3n(n2)CCCN(Cc2ccc(F)cc2)C3=O)cc1. The second-order valence-electron chi connectivity index (χ2n) is 8.26. The van der Waals surface area contributed by atoms with E-state index >= 15 is 0 Å². The van der Waals surface area contributed by atoms with Crippen LogP contribution in [-0.4, -0.2) is 52.1 Å². The normalized spacial score (nSPS) is 14.0. The molecule has 182 valence electrons. The van der Waals surface area contributed by atoms with Gasteiger partial charge in [0.05, 0.1) is 7.11 Å². The van der Waals surface area contributed by atoms with Crippen molar-refractivity contribution in [3.8, 4) is 5.75 Å². The van der Waals surface area contributed by atoms with Gasteiger partial charge in [0.25, 0.3) is 11.8 Å². The van der Waals surface area contributed by atoms with Crippen molar-refractivity contribution in [2.45, 2.75) is 32.5 Å². The zero-order valence-electron chi connectivity index (χ0n) is 19.5. The predicted octanol–water partition coefficient (Wildman–Crippen LogP) is 2.83. The summed E-state index contributed by atoms with van der Waals surface area (Å²) in [6.45, 7) is 2.88. The maximum Gasteiger partial charge on any atom is 0.272 e. The largest absolute Gasteiger partial charge is 0.497 e. The Labute approximate surface area is 201 Å². The number of nitrogens with zero attached hydrogens (tertiary/aromatic N) is 3. The van der Waals surface area contributed by atoms with Crippen LogP contribution < -0.4 is 15.4 Å². The molecule has 0 fully saturated rings. The van der Waals surface area contributed by atoms with Crippen molar-refractivity contribution in [3.05, 3.63) is 77.4 Å². The molecule has 2 heterocycles. The summed E-state index contributed by atoms with van der Waals surface area (Å²) in [6, 6.07) is 13.4. The summed E-state index contributed by atoms with van der Waals surface area (Å²) < 4.78 is 19.8. The van der Waals surface area contributed by atoms with E-state index in [2.05, 4.69) is 15.7 Å². The number of anilines is 1. The number of hydrogen-bond donors (Lipinski definition) is 2. The van der Waals surface area contributed by atoms with Crippen LogP contribution in [0.4, 0.5) is 10.1 Å². The third-order valence-corrected chi connectivity index (χ3v) is 5.70. The molecule has 0 saturated heterocycles. The van der Waals surface area contributed by atoms with Crippen molar-refractivity contribution in [3.63, 3.8) is 0 Å². The van der Waals surface area contributed by atoms with Crippen molar-refractivity contribution in [2.24, 2.45) is 0 Å². The number of benzene rings is 2. The number of fused-ring (bicyclic) bond motifs is 1. The van der Waals surface area contributed by atoms with Crippen LogP contribution >= 0.6 is 0 Å². The predicted molar refractivity (Wildman–Crippen MR) is 127 cm³/mol. The van der Waals surface area contributed by atoms with Gasteiger partial charge in [0.1, 0.15) is 23.3 Å². The number of ether oxygens (including phenoxy) is 1. The van der Waals surface area contributed by atoms with E-state index in [0.29, 0.717) is 43.2 Å². The molecule has 9 nitrogen and oxygen atoms in total. The highest BCUT2D eigenvalue weighted by molar-refractivity contribution is 6.01. The average Bonchev–Trinajstić information content (AvgIpc) is 3.23. The highest BCUT2D eigenvalue weighted by Crippen LogP contribution is 2.18. The summed E-state index contributed by atoms with van der Waals surface area (Å²) in [5, 5.41) is 9.64. The summed E-state index contributed by atoms with van der Waals surface area (Å²) in [4.78, 5) is 40.0. The van der Waals surface area contributed by atoms with Gasteiger partial charge in [-0.1, -0.05) is 12.1 Å². The molecule has 3 amide bonds. The molecule has 0 radical (unpaired) electrons. The van der Waals surface area contributed by atoms with Crippen molar-refractivity contribution in [1.82, 2.24) is 20.0 Å². The monoisotopic (exact) mass is 479 g/mol. The smallest absolute Gasteiger partial charge is 0.272 e. The first-order valence-electron chi connectivity index (χ1n) is 11.2. The molecular weight excluding hydrogens is 453 g/mol. The fraction of sp³-hybridized carbons (Fsp3) is 0.280. The maximum absolute atomic E-state index is 13.2. The number of aromatic nitrogens is 2. The zero-order chi connectivity index (χ0) is 24.9. The standard InChI is InChI=1S/C25H26FN5O4/c1-16(23(32)28-19-8-10-20(35-2)11-9-19)27-24(33)21-14-22-25(34)30(12-3-13-31(22)29-21)15-17-4-6-18(26)7-5-17/h4-11,14,16H,3,12-13,15H2,1-2H3,(H,27,33)(H,28,32). The Hall–Kier alpha value is -4.21. The highest BCUT2D eigenvalue weighted by Gasteiger charge is 2.27. The molecule has 1 aliphatic heterocycles. The van der Waals surface area contributed by atoms with Gasteiger partial charge < -0.3 is 20.3 Å². The Morgan fingerprint density at radius 2 is 1.83 bits per heavy atom. The summed E-state index contributed by atoms with van der Waals surface area (Å²) in [5.74, 6) is -0.887. The van der Waals surface area contributed by atoms with E-state index in [9.17, 15) is 18.8 Å². The fourth-order valence-electron chi connectivity index (χ4n) is 3.77. The minimum Gasteiger partial charge on any atom is -0.497 e. The van der Waals surface area contributed by atoms with Crippen LogP contribution in [0.2, 0.25) is 0 Å². The highest BCUT2D eigenvalue weighted by atomic mass is 19.1. The molecule has 0 saturated carbocycles. The molecule has 3 aromatic rings. The number of aryl methyl sites for hydroxylation is 1. The van der Waals surface area contributed by atoms with Crippen molar-refractivity contribution in [2.75, 3.05) is 19.0 Å². The van der Waals surface area contributed by atoms with Gasteiger partial charge in [-0.2, -0.15) is 5.10 Å². The van der Waals surface area contributed by atoms with E-state index in [1.807, 2.05) is 0 Å². The van der Waals surface area contributed by atoms with E-state index < -0.39 is 17.9 Å². The van der Waals surface area contributed by atoms with Gasteiger partial charge in [-0.05, 0) is 55.3 Å². The first kappa shape index (κ1) is 23.9. The van der Waals surface area contributed by atoms with Crippen LogP contribution in [0.15, 0.2) is 54.6 Å². The average molecular weight is 480 g/mol. The summed E-state index contributed by atoms with van der Waals surface area (Å²) in [5.41, 5.74) is 1.73. The van der Waals surface area contributed by atoms with E-state index in [0.717, 1.165) is 5.56 Å². The lowest BCUT2D eigenvalue weighted by Gasteiger charge is -2.20. The molecule has 0 aliphatic carbocycles. The first-order valence-corrected chi connectivity index (χ1v) is 11.2. The Morgan fingerprint density at radius 1 is 1.11 bits per heavy atom. The summed E-state index contributed by atoms with van der Waals surface area (Å²) in [7, 11) is 1.55. The molecule has 10 heteroatoms. The molecule has 35 heavy (non-hydrogen) atoms.